The van der Waals surface area contributed by atoms with Crippen LogP contribution >= 0.6 is 0 Å². The highest BCUT2D eigenvalue weighted by Crippen LogP contribution is 2.22. The molecule has 3 aromatic heterocycles. The number of aryl methyl sites for hydroxylation is 1. The lowest BCUT2D eigenvalue weighted by atomic mass is 10.2. The lowest BCUT2D eigenvalue weighted by molar-refractivity contribution is -0.135. The van der Waals surface area contributed by atoms with Crippen LogP contribution in [0.25, 0.3) is 16.6 Å². The molecule has 1 amide bonds. The molecule has 1 fully saturated rings. The Bertz CT molecular complexity index is 1350. The van der Waals surface area contributed by atoms with Gasteiger partial charge in [-0.1, -0.05) is 6.92 Å². The Morgan fingerprint density at radius 2 is 1.84 bits per heavy atom. The second kappa shape index (κ2) is 7.81. The van der Waals surface area contributed by atoms with Gasteiger partial charge in [0.2, 0.25) is 5.91 Å². The maximum atomic E-state index is 13.2. The van der Waals surface area contributed by atoms with Crippen molar-refractivity contribution in [1.29, 1.82) is 0 Å². The quantitative estimate of drug-likeness (QED) is 0.491. The second-order valence-electron chi connectivity index (χ2n) is 8.02. The van der Waals surface area contributed by atoms with Crippen molar-refractivity contribution in [2.45, 2.75) is 26.3 Å². The molecule has 1 saturated heterocycles. The Labute approximate surface area is 183 Å². The third kappa shape index (κ3) is 3.24. The number of carbonyl (C=O) groups is 1. The number of fused-ring (bicyclic) bond motifs is 3. The molecule has 5 rings (SSSR count). The molecule has 32 heavy (non-hydrogen) atoms. The number of piperazine rings is 1. The number of hydrogen-bond donors (Lipinski definition) is 0. The van der Waals surface area contributed by atoms with Crippen molar-refractivity contribution >= 4 is 28.2 Å². The molecule has 0 saturated carbocycles. The van der Waals surface area contributed by atoms with Gasteiger partial charge in [-0.2, -0.15) is 5.10 Å². The highest BCUT2D eigenvalue weighted by atomic mass is 19.1. The Morgan fingerprint density at radius 3 is 2.53 bits per heavy atom. The van der Waals surface area contributed by atoms with Crippen molar-refractivity contribution in [2.24, 2.45) is 0 Å². The lowest BCUT2D eigenvalue weighted by Crippen LogP contribution is -2.51. The summed E-state index contributed by atoms with van der Waals surface area (Å²) >= 11 is 0. The Kier molecular flexibility index (Phi) is 4.96. The monoisotopic (exact) mass is 437 g/mol. The molecule has 1 atom stereocenters. The van der Waals surface area contributed by atoms with Crippen LogP contribution in [0.3, 0.4) is 0 Å². The van der Waals surface area contributed by atoms with Gasteiger partial charge >= 0.3 is 0 Å². The molecule has 0 radical (unpaired) electrons. The van der Waals surface area contributed by atoms with Crippen LogP contribution in [-0.4, -0.2) is 51.2 Å². The highest BCUT2D eigenvalue weighted by Gasteiger charge is 2.28. The van der Waals surface area contributed by atoms with Crippen molar-refractivity contribution in [2.75, 3.05) is 31.1 Å². The predicted molar refractivity (Wildman–Crippen MR) is 119 cm³/mol. The van der Waals surface area contributed by atoms with Gasteiger partial charge in [0.1, 0.15) is 23.2 Å². The summed E-state index contributed by atoms with van der Waals surface area (Å²) in [5, 5.41) is 4.54. The first kappa shape index (κ1) is 20.3. The molecule has 0 spiro atoms. The summed E-state index contributed by atoms with van der Waals surface area (Å²) in [5.41, 5.74) is 2.48. The normalized spacial score (nSPS) is 15.6. The van der Waals surface area contributed by atoms with Crippen molar-refractivity contribution in [1.82, 2.24) is 19.1 Å². The van der Waals surface area contributed by atoms with Crippen molar-refractivity contribution < 1.29 is 13.6 Å². The predicted octanol–water partition coefficient (Wildman–Crippen LogP) is 2.85. The number of halogens is 1. The van der Waals surface area contributed by atoms with Crippen LogP contribution in [0, 0.1) is 5.82 Å². The van der Waals surface area contributed by atoms with Crippen LogP contribution in [0.2, 0.25) is 0 Å². The van der Waals surface area contributed by atoms with E-state index < -0.39 is 6.04 Å². The summed E-state index contributed by atoms with van der Waals surface area (Å²) in [6.45, 7) is 6.00. The zero-order chi connectivity index (χ0) is 22.4. The number of aromatic nitrogens is 3. The average molecular weight is 437 g/mol. The van der Waals surface area contributed by atoms with E-state index >= 15 is 0 Å². The van der Waals surface area contributed by atoms with Crippen LogP contribution in [0.1, 0.15) is 25.7 Å². The van der Waals surface area contributed by atoms with Crippen molar-refractivity contribution in [3.63, 3.8) is 0 Å². The van der Waals surface area contributed by atoms with Gasteiger partial charge in [0.25, 0.3) is 5.56 Å². The minimum Gasteiger partial charge on any atom is -0.463 e. The van der Waals surface area contributed by atoms with Crippen LogP contribution in [0.5, 0.6) is 0 Å². The minimum atomic E-state index is -0.726. The molecule has 1 unspecified atom stereocenters. The van der Waals surface area contributed by atoms with E-state index in [1.54, 1.807) is 40.7 Å². The molecule has 0 N–H and O–H groups in total. The minimum absolute atomic E-state index is 0.139. The first-order valence-corrected chi connectivity index (χ1v) is 10.8. The van der Waals surface area contributed by atoms with Crippen molar-refractivity contribution in [3.8, 4) is 0 Å². The van der Waals surface area contributed by atoms with E-state index in [1.807, 2.05) is 13.0 Å². The number of amides is 1. The van der Waals surface area contributed by atoms with Crippen LogP contribution in [0.15, 0.2) is 51.9 Å². The smallest absolute Gasteiger partial charge is 0.291 e. The molecule has 1 aliphatic heterocycles. The first-order valence-electron chi connectivity index (χ1n) is 10.8. The van der Waals surface area contributed by atoms with E-state index in [2.05, 4.69) is 10.00 Å². The molecule has 0 bridgehead atoms. The second-order valence-corrected chi connectivity index (χ2v) is 8.02. The molecule has 0 aliphatic carbocycles. The maximum Gasteiger partial charge on any atom is 0.291 e. The topological polar surface area (TPSA) is 76.0 Å². The van der Waals surface area contributed by atoms with E-state index in [4.69, 9.17) is 4.42 Å². The molecule has 4 aromatic rings. The Hall–Kier alpha value is -3.62. The molecule has 1 aromatic carbocycles. The molecule has 8 nitrogen and oxygen atoms in total. The van der Waals surface area contributed by atoms with Gasteiger partial charge in [0.05, 0.1) is 11.8 Å². The average Bonchev–Trinajstić information content (AvgIpc) is 3.41. The zero-order valence-electron chi connectivity index (χ0n) is 18.0. The number of benzene rings is 1. The SMILES string of the molecule is CCc1nn(C(C)C(=O)N2CCN(c3ccc(F)cc3)CC2)c(=O)c2cc3occc3n12. The van der Waals surface area contributed by atoms with Gasteiger partial charge < -0.3 is 14.2 Å². The third-order valence-electron chi connectivity index (χ3n) is 6.16. The molecule has 9 heteroatoms. The van der Waals surface area contributed by atoms with Crippen LogP contribution in [0.4, 0.5) is 10.1 Å². The number of nitrogens with zero attached hydrogens (tertiary/aromatic N) is 5. The largest absolute Gasteiger partial charge is 0.463 e. The maximum absolute atomic E-state index is 13.2. The van der Waals surface area contributed by atoms with E-state index in [1.165, 1.54) is 16.8 Å². The zero-order valence-corrected chi connectivity index (χ0v) is 18.0. The number of carbonyl (C=O) groups excluding carboxylic acids is 1. The summed E-state index contributed by atoms with van der Waals surface area (Å²) in [6, 6.07) is 9.15. The summed E-state index contributed by atoms with van der Waals surface area (Å²) in [5.74, 6) is 0.283. The fraction of sp³-hybridized carbons (Fsp3) is 0.348. The number of furan rings is 1. The van der Waals surface area contributed by atoms with Gasteiger partial charge in [-0.25, -0.2) is 9.07 Å². The van der Waals surface area contributed by atoms with E-state index in [9.17, 15) is 14.0 Å². The molecule has 166 valence electrons. The van der Waals surface area contributed by atoms with Crippen LogP contribution < -0.4 is 10.5 Å². The fourth-order valence-corrected chi connectivity index (χ4v) is 4.39. The Balaban J connectivity index is 1.39. The van der Waals surface area contributed by atoms with Gasteiger partial charge in [0.15, 0.2) is 5.58 Å². The van der Waals surface area contributed by atoms with Gasteiger partial charge in [0, 0.05) is 50.4 Å². The number of rotatable bonds is 4. The summed E-state index contributed by atoms with van der Waals surface area (Å²) in [7, 11) is 0. The van der Waals surface area contributed by atoms with Gasteiger partial charge in [-0.05, 0) is 31.2 Å². The molecular formula is C23H24FN5O3. The number of hydrogen-bond acceptors (Lipinski definition) is 5. The van der Waals surface area contributed by atoms with Gasteiger partial charge in [-0.15, -0.1) is 0 Å². The van der Waals surface area contributed by atoms with E-state index in [-0.39, 0.29) is 17.3 Å². The Morgan fingerprint density at radius 1 is 1.12 bits per heavy atom. The molecule has 4 heterocycles. The lowest BCUT2D eigenvalue weighted by Gasteiger charge is -2.37. The van der Waals surface area contributed by atoms with E-state index in [0.29, 0.717) is 49.5 Å². The highest BCUT2D eigenvalue weighted by molar-refractivity contribution is 5.83. The van der Waals surface area contributed by atoms with Crippen molar-refractivity contribution in [3.05, 3.63) is 64.7 Å². The van der Waals surface area contributed by atoms with Gasteiger partial charge in [-0.3, -0.25) is 14.0 Å². The van der Waals surface area contributed by atoms with Crippen LogP contribution in [-0.2, 0) is 11.2 Å². The summed E-state index contributed by atoms with van der Waals surface area (Å²) < 4.78 is 21.7. The standard InChI is InChI=1S/C23H24FN5O3/c1-3-21-25-29(23(31)19-14-20-18(28(19)21)8-13-32-20)15(2)22(30)27-11-9-26(10-12-27)17-6-4-16(24)5-7-17/h4-8,13-15H,3,9-12H2,1-2H3. The fourth-order valence-electron chi connectivity index (χ4n) is 4.39. The first-order chi connectivity index (χ1) is 15.5. The number of anilines is 1. The third-order valence-corrected chi connectivity index (χ3v) is 6.16. The molecule has 1 aliphatic rings. The summed E-state index contributed by atoms with van der Waals surface area (Å²) in [6.07, 6.45) is 2.18. The van der Waals surface area contributed by atoms with E-state index in [0.717, 1.165) is 11.2 Å². The molecular weight excluding hydrogens is 413 g/mol. The summed E-state index contributed by atoms with van der Waals surface area (Å²) in [4.78, 5) is 30.3.